The van der Waals surface area contributed by atoms with Crippen LogP contribution in [0, 0.1) is 0 Å². The fourth-order valence-electron chi connectivity index (χ4n) is 3.58. The molecular formula is C23H28F3N3O3. The smallest absolute Gasteiger partial charge is 0.444 e. The van der Waals surface area contributed by atoms with Gasteiger partial charge in [0.05, 0.1) is 17.4 Å². The molecule has 0 spiro atoms. The highest BCUT2D eigenvalue weighted by molar-refractivity contribution is 5.69. The number of carbonyl (C=O) groups is 1. The zero-order valence-corrected chi connectivity index (χ0v) is 18.7. The van der Waals surface area contributed by atoms with Gasteiger partial charge in [0.1, 0.15) is 11.4 Å². The molecular weight excluding hydrogens is 423 g/mol. The molecule has 0 atom stereocenters. The number of amides is 1. The Balaban J connectivity index is 1.75. The Bertz CT molecular complexity index is 967. The van der Waals surface area contributed by atoms with Crippen molar-refractivity contribution in [3.63, 3.8) is 0 Å². The van der Waals surface area contributed by atoms with Crippen LogP contribution in [0.15, 0.2) is 36.9 Å². The van der Waals surface area contributed by atoms with Crippen molar-refractivity contribution >= 4 is 11.7 Å². The van der Waals surface area contributed by atoms with Crippen molar-refractivity contribution in [3.05, 3.63) is 42.6 Å². The lowest BCUT2D eigenvalue weighted by molar-refractivity contribution is -0.274. The molecule has 1 aromatic heterocycles. The van der Waals surface area contributed by atoms with Gasteiger partial charge >= 0.3 is 12.5 Å². The van der Waals surface area contributed by atoms with E-state index in [-0.39, 0.29) is 17.9 Å². The Morgan fingerprint density at radius 2 is 1.72 bits per heavy atom. The van der Waals surface area contributed by atoms with Gasteiger partial charge in [0.2, 0.25) is 0 Å². The molecule has 0 aliphatic carbocycles. The minimum Gasteiger partial charge on any atom is -0.444 e. The average Bonchev–Trinajstić information content (AvgIpc) is 3.12. The predicted molar refractivity (Wildman–Crippen MR) is 115 cm³/mol. The summed E-state index contributed by atoms with van der Waals surface area (Å²) in [5, 5.41) is 4.72. The number of hydrogen-bond acceptors (Lipinski definition) is 4. The van der Waals surface area contributed by atoms with Gasteiger partial charge in [-0.1, -0.05) is 6.58 Å². The SMILES string of the molecule is C=C(C)c1cc(-c2ccc(OC(F)(F)F)cc2)nn1C1CCN(C(=O)OC(C)(C)C)CC1. The maximum absolute atomic E-state index is 12.4. The number of alkyl halides is 3. The summed E-state index contributed by atoms with van der Waals surface area (Å²) in [5.74, 6) is -0.282. The van der Waals surface area contributed by atoms with Crippen molar-refractivity contribution in [2.24, 2.45) is 0 Å². The predicted octanol–water partition coefficient (Wildman–Crippen LogP) is 6.05. The van der Waals surface area contributed by atoms with E-state index < -0.39 is 12.0 Å². The summed E-state index contributed by atoms with van der Waals surface area (Å²) in [6, 6.07) is 7.56. The van der Waals surface area contributed by atoms with Crippen molar-refractivity contribution in [2.45, 2.75) is 58.5 Å². The van der Waals surface area contributed by atoms with Crippen LogP contribution >= 0.6 is 0 Å². The fourth-order valence-corrected chi connectivity index (χ4v) is 3.58. The van der Waals surface area contributed by atoms with Crippen molar-refractivity contribution in [1.29, 1.82) is 0 Å². The summed E-state index contributed by atoms with van der Waals surface area (Å²) in [4.78, 5) is 14.0. The first-order valence-electron chi connectivity index (χ1n) is 10.4. The monoisotopic (exact) mass is 451 g/mol. The van der Waals surface area contributed by atoms with E-state index in [0.29, 0.717) is 37.2 Å². The molecule has 0 bridgehead atoms. The Labute approximate surface area is 185 Å². The highest BCUT2D eigenvalue weighted by Crippen LogP contribution is 2.31. The van der Waals surface area contributed by atoms with Gasteiger partial charge in [-0.05, 0) is 76.4 Å². The molecule has 9 heteroatoms. The van der Waals surface area contributed by atoms with Crippen molar-refractivity contribution < 1.29 is 27.4 Å². The lowest BCUT2D eigenvalue weighted by atomic mass is 10.0. The highest BCUT2D eigenvalue weighted by Gasteiger charge is 2.31. The molecule has 1 aromatic carbocycles. The second-order valence-electron chi connectivity index (χ2n) is 8.91. The summed E-state index contributed by atoms with van der Waals surface area (Å²) in [5.41, 5.74) is 2.45. The average molecular weight is 451 g/mol. The van der Waals surface area contributed by atoms with E-state index in [4.69, 9.17) is 9.84 Å². The summed E-state index contributed by atoms with van der Waals surface area (Å²) in [7, 11) is 0. The van der Waals surface area contributed by atoms with E-state index in [9.17, 15) is 18.0 Å². The molecule has 1 amide bonds. The van der Waals surface area contributed by atoms with Crippen LogP contribution in [-0.4, -0.2) is 45.8 Å². The number of rotatable bonds is 4. The van der Waals surface area contributed by atoms with Gasteiger partial charge < -0.3 is 14.4 Å². The summed E-state index contributed by atoms with van der Waals surface area (Å²) >= 11 is 0. The zero-order chi connectivity index (χ0) is 23.7. The third-order valence-corrected chi connectivity index (χ3v) is 5.02. The second kappa shape index (κ2) is 8.88. The molecule has 1 fully saturated rings. The van der Waals surface area contributed by atoms with Gasteiger partial charge in [0.15, 0.2) is 0 Å². The molecule has 6 nitrogen and oxygen atoms in total. The van der Waals surface area contributed by atoms with Crippen LogP contribution < -0.4 is 4.74 Å². The Morgan fingerprint density at radius 1 is 1.12 bits per heavy atom. The number of carbonyl (C=O) groups excluding carboxylic acids is 1. The lowest BCUT2D eigenvalue weighted by Crippen LogP contribution is -2.42. The summed E-state index contributed by atoms with van der Waals surface area (Å²) < 4.78 is 48.5. The highest BCUT2D eigenvalue weighted by atomic mass is 19.4. The van der Waals surface area contributed by atoms with Crippen molar-refractivity contribution in [2.75, 3.05) is 13.1 Å². The third-order valence-electron chi connectivity index (χ3n) is 5.02. The standard InChI is InChI=1S/C23H28F3N3O3/c1-15(2)20-14-19(16-6-8-18(9-7-16)31-23(24,25)26)27-29(20)17-10-12-28(13-11-17)21(30)32-22(3,4)5/h6-9,14,17H,1,10-13H2,2-5H3. The van der Waals surface area contributed by atoms with Crippen LogP contribution in [0.2, 0.25) is 0 Å². The number of hydrogen-bond donors (Lipinski definition) is 0. The topological polar surface area (TPSA) is 56.6 Å². The number of piperidine rings is 1. The molecule has 174 valence electrons. The summed E-state index contributed by atoms with van der Waals surface area (Å²) in [6.07, 6.45) is -3.64. The first-order valence-corrected chi connectivity index (χ1v) is 10.4. The minimum absolute atomic E-state index is 0.0713. The maximum atomic E-state index is 12.4. The summed E-state index contributed by atoms with van der Waals surface area (Å²) in [6.45, 7) is 12.5. The third kappa shape index (κ3) is 6.05. The maximum Gasteiger partial charge on any atom is 0.573 e. The van der Waals surface area contributed by atoms with Gasteiger partial charge in [-0.3, -0.25) is 4.68 Å². The van der Waals surface area contributed by atoms with Gasteiger partial charge in [0, 0.05) is 18.7 Å². The van der Waals surface area contributed by atoms with Gasteiger partial charge in [-0.15, -0.1) is 13.2 Å². The molecule has 0 unspecified atom stereocenters. The van der Waals surface area contributed by atoms with E-state index in [1.807, 2.05) is 38.4 Å². The number of likely N-dealkylation sites (tertiary alicyclic amines) is 1. The molecule has 32 heavy (non-hydrogen) atoms. The minimum atomic E-state index is -4.73. The molecule has 1 saturated heterocycles. The van der Waals surface area contributed by atoms with Crippen LogP contribution in [-0.2, 0) is 4.74 Å². The van der Waals surface area contributed by atoms with Gasteiger partial charge in [-0.25, -0.2) is 4.79 Å². The molecule has 0 N–H and O–H groups in total. The zero-order valence-electron chi connectivity index (χ0n) is 18.7. The molecule has 0 saturated carbocycles. The van der Waals surface area contributed by atoms with Gasteiger partial charge in [-0.2, -0.15) is 5.10 Å². The number of benzene rings is 1. The van der Waals surface area contributed by atoms with Crippen molar-refractivity contribution in [1.82, 2.24) is 14.7 Å². The molecule has 2 aromatic rings. The number of aromatic nitrogens is 2. The largest absolute Gasteiger partial charge is 0.573 e. The molecule has 1 aliphatic rings. The number of ether oxygens (including phenoxy) is 2. The van der Waals surface area contributed by atoms with E-state index >= 15 is 0 Å². The second-order valence-corrected chi connectivity index (χ2v) is 8.91. The number of allylic oxidation sites excluding steroid dienone is 1. The first kappa shape index (κ1) is 23.7. The van der Waals surface area contributed by atoms with Crippen LogP contribution in [0.4, 0.5) is 18.0 Å². The van der Waals surface area contributed by atoms with Gasteiger partial charge in [0.25, 0.3) is 0 Å². The molecule has 3 rings (SSSR count). The fraction of sp³-hybridized carbons (Fsp3) is 0.478. The van der Waals surface area contributed by atoms with E-state index in [0.717, 1.165) is 11.3 Å². The Kier molecular flexibility index (Phi) is 6.57. The number of halogens is 3. The van der Waals surface area contributed by atoms with E-state index in [2.05, 4.69) is 11.3 Å². The molecule has 2 heterocycles. The van der Waals surface area contributed by atoms with E-state index in [1.54, 1.807) is 17.0 Å². The number of nitrogens with zero attached hydrogens (tertiary/aromatic N) is 3. The Hall–Kier alpha value is -2.97. The first-order chi connectivity index (χ1) is 14.8. The lowest BCUT2D eigenvalue weighted by Gasteiger charge is -2.34. The molecule has 1 aliphatic heterocycles. The van der Waals surface area contributed by atoms with Crippen LogP contribution in [0.25, 0.3) is 16.8 Å². The Morgan fingerprint density at radius 3 is 2.22 bits per heavy atom. The van der Waals surface area contributed by atoms with Crippen LogP contribution in [0.3, 0.4) is 0 Å². The van der Waals surface area contributed by atoms with Crippen molar-refractivity contribution in [3.8, 4) is 17.0 Å². The normalized spacial score (nSPS) is 15.5. The van der Waals surface area contributed by atoms with Crippen LogP contribution in [0.5, 0.6) is 5.75 Å². The quantitative estimate of drug-likeness (QED) is 0.568. The van der Waals surface area contributed by atoms with E-state index in [1.165, 1.54) is 12.1 Å². The van der Waals surface area contributed by atoms with Crippen LogP contribution in [0.1, 0.15) is 52.3 Å². The molecule has 0 radical (unpaired) electrons.